The summed E-state index contributed by atoms with van der Waals surface area (Å²) in [7, 11) is 4.03. The molecule has 2 aromatic rings. The smallest absolute Gasteiger partial charge is 0.256 e. The van der Waals surface area contributed by atoms with Gasteiger partial charge in [0, 0.05) is 31.1 Å². The zero-order valence-electron chi connectivity index (χ0n) is 15.0. The largest absolute Gasteiger partial charge is 0.378 e. The summed E-state index contributed by atoms with van der Waals surface area (Å²) in [4.78, 5) is 16.0. The number of amides is 1. The van der Waals surface area contributed by atoms with Gasteiger partial charge < -0.3 is 20.3 Å². The molecule has 25 heavy (non-hydrogen) atoms. The van der Waals surface area contributed by atoms with Crippen molar-refractivity contribution in [2.45, 2.75) is 38.6 Å². The number of rotatable bonds is 2. The van der Waals surface area contributed by atoms with E-state index in [9.17, 15) is 4.79 Å². The zero-order valence-corrected chi connectivity index (χ0v) is 15.8. The van der Waals surface area contributed by atoms with Gasteiger partial charge in [-0.25, -0.2) is 0 Å². The molecule has 132 valence electrons. The quantitative estimate of drug-likeness (QED) is 0.863. The molecule has 4 rings (SSSR count). The van der Waals surface area contributed by atoms with Gasteiger partial charge in [-0.1, -0.05) is 12.1 Å². The van der Waals surface area contributed by atoms with Gasteiger partial charge in [-0.2, -0.15) is 0 Å². The Balaban J connectivity index is 1.64. The van der Waals surface area contributed by atoms with Crippen LogP contribution in [-0.4, -0.2) is 25.6 Å². The molecule has 0 aliphatic carbocycles. The monoisotopic (exact) mass is 357 g/mol. The Morgan fingerprint density at radius 3 is 2.60 bits per heavy atom. The Hall–Kier alpha value is -2.05. The molecule has 1 aromatic carbocycles. The molecule has 6 heteroatoms. The minimum atomic E-state index is -0.221. The van der Waals surface area contributed by atoms with Gasteiger partial charge in [-0.05, 0) is 37.1 Å². The third-order valence-electron chi connectivity index (χ3n) is 4.81. The van der Waals surface area contributed by atoms with Crippen LogP contribution in [0.3, 0.4) is 0 Å². The van der Waals surface area contributed by atoms with Crippen LogP contribution in [0.1, 0.15) is 46.4 Å². The number of hydrogen-bond acceptors (Lipinski definition) is 5. The number of fused-ring (bicyclic) bond motifs is 3. The van der Waals surface area contributed by atoms with E-state index >= 15 is 0 Å². The molecule has 2 aliphatic heterocycles. The molecule has 1 amide bonds. The molecule has 0 saturated carbocycles. The number of anilines is 2. The van der Waals surface area contributed by atoms with E-state index in [0.717, 1.165) is 38.7 Å². The standard InChI is InChI=1S/C19H23N3O2S/c1-19(2)9-13-14(10-24-19)25-18-15(13)17(23)20-16(21-18)11-5-7-12(8-6-11)22(3)4/h5-8,16,21H,9-10H2,1-4H3,(H,20,23)/t16-/m1/s1. The lowest BCUT2D eigenvalue weighted by molar-refractivity contribution is -0.0383. The molecule has 0 radical (unpaired) electrons. The molecule has 5 nitrogen and oxygen atoms in total. The van der Waals surface area contributed by atoms with E-state index in [0.29, 0.717) is 6.61 Å². The maximum absolute atomic E-state index is 12.8. The molecule has 0 bridgehead atoms. The fourth-order valence-corrected chi connectivity index (χ4v) is 4.55. The highest BCUT2D eigenvalue weighted by molar-refractivity contribution is 7.16. The summed E-state index contributed by atoms with van der Waals surface area (Å²) in [5.74, 6) is 0.00522. The lowest BCUT2D eigenvalue weighted by Crippen LogP contribution is -2.39. The van der Waals surface area contributed by atoms with Crippen molar-refractivity contribution < 1.29 is 9.53 Å². The van der Waals surface area contributed by atoms with E-state index in [-0.39, 0.29) is 17.7 Å². The molecular formula is C19H23N3O2S. The third-order valence-corrected chi connectivity index (χ3v) is 5.94. The molecule has 1 aromatic heterocycles. The number of nitrogens with zero attached hydrogens (tertiary/aromatic N) is 1. The normalized spacial score (nSPS) is 21.0. The lowest BCUT2D eigenvalue weighted by atomic mass is 9.92. The van der Waals surface area contributed by atoms with Crippen LogP contribution in [0.2, 0.25) is 0 Å². The highest BCUT2D eigenvalue weighted by atomic mass is 32.1. The van der Waals surface area contributed by atoms with Crippen LogP contribution >= 0.6 is 11.3 Å². The van der Waals surface area contributed by atoms with Crippen LogP contribution in [-0.2, 0) is 17.8 Å². The second-order valence-electron chi connectivity index (χ2n) is 7.47. The van der Waals surface area contributed by atoms with Gasteiger partial charge in [0.25, 0.3) is 5.91 Å². The van der Waals surface area contributed by atoms with E-state index in [4.69, 9.17) is 4.74 Å². The predicted octanol–water partition coefficient (Wildman–Crippen LogP) is 3.52. The first-order valence-corrected chi connectivity index (χ1v) is 9.29. The van der Waals surface area contributed by atoms with Crippen LogP contribution < -0.4 is 15.5 Å². The summed E-state index contributed by atoms with van der Waals surface area (Å²) >= 11 is 1.64. The Labute approximate surface area is 152 Å². The number of hydrogen-bond donors (Lipinski definition) is 2. The minimum Gasteiger partial charge on any atom is -0.378 e. The number of thiophene rings is 1. The molecular weight excluding hydrogens is 334 g/mol. The summed E-state index contributed by atoms with van der Waals surface area (Å²) in [6.45, 7) is 4.73. The third kappa shape index (κ3) is 2.89. The van der Waals surface area contributed by atoms with E-state index in [1.807, 2.05) is 14.1 Å². The molecule has 1 atom stereocenters. The molecule has 0 fully saturated rings. The van der Waals surface area contributed by atoms with Crippen LogP contribution in [0.25, 0.3) is 0 Å². The van der Waals surface area contributed by atoms with E-state index in [1.165, 1.54) is 0 Å². The first kappa shape index (κ1) is 16.4. The number of ether oxygens (including phenoxy) is 1. The highest BCUT2D eigenvalue weighted by Crippen LogP contribution is 2.43. The minimum absolute atomic E-state index is 0.00522. The molecule has 2 aliphatic rings. The topological polar surface area (TPSA) is 53.6 Å². The number of nitrogens with one attached hydrogen (secondary N) is 2. The fourth-order valence-electron chi connectivity index (χ4n) is 3.40. The maximum Gasteiger partial charge on any atom is 0.256 e. The predicted molar refractivity (Wildman–Crippen MR) is 101 cm³/mol. The van der Waals surface area contributed by atoms with Gasteiger partial charge in [0.1, 0.15) is 11.2 Å². The van der Waals surface area contributed by atoms with Crippen molar-refractivity contribution >= 4 is 27.9 Å². The Kier molecular flexibility index (Phi) is 3.77. The Morgan fingerprint density at radius 1 is 1.20 bits per heavy atom. The molecule has 0 spiro atoms. The van der Waals surface area contributed by atoms with E-state index in [2.05, 4.69) is 53.6 Å². The molecule has 3 heterocycles. The SMILES string of the molecule is CN(C)c1ccc([C@@H]2NC(=O)c3c(sc4c3CC(C)(C)OC4)N2)cc1. The summed E-state index contributed by atoms with van der Waals surface area (Å²) in [5.41, 5.74) is 3.91. The maximum atomic E-state index is 12.8. The van der Waals surface area contributed by atoms with Gasteiger partial charge in [-0.3, -0.25) is 4.79 Å². The van der Waals surface area contributed by atoms with Crippen LogP contribution in [0, 0.1) is 0 Å². The lowest BCUT2D eigenvalue weighted by Gasteiger charge is -2.31. The van der Waals surface area contributed by atoms with E-state index in [1.54, 1.807) is 11.3 Å². The number of benzene rings is 1. The molecule has 0 unspecified atom stereocenters. The van der Waals surface area contributed by atoms with Crippen LogP contribution in [0.5, 0.6) is 0 Å². The van der Waals surface area contributed by atoms with Crippen LogP contribution in [0.4, 0.5) is 10.7 Å². The zero-order chi connectivity index (χ0) is 17.8. The van der Waals surface area contributed by atoms with Crippen molar-refractivity contribution in [1.29, 1.82) is 0 Å². The van der Waals surface area contributed by atoms with Crippen LogP contribution in [0.15, 0.2) is 24.3 Å². The summed E-state index contributed by atoms with van der Waals surface area (Å²) in [6.07, 6.45) is 0.566. The second-order valence-corrected chi connectivity index (χ2v) is 8.58. The van der Waals surface area contributed by atoms with Gasteiger partial charge in [0.05, 0.1) is 17.8 Å². The Morgan fingerprint density at radius 2 is 1.92 bits per heavy atom. The second kappa shape index (κ2) is 5.75. The van der Waals surface area contributed by atoms with Gasteiger partial charge in [0.15, 0.2) is 0 Å². The van der Waals surface area contributed by atoms with Crippen molar-refractivity contribution in [2.75, 3.05) is 24.3 Å². The van der Waals surface area contributed by atoms with Crippen molar-refractivity contribution in [3.05, 3.63) is 45.8 Å². The first-order valence-electron chi connectivity index (χ1n) is 8.47. The van der Waals surface area contributed by atoms with E-state index < -0.39 is 0 Å². The number of carbonyl (C=O) groups is 1. The van der Waals surface area contributed by atoms with Crippen molar-refractivity contribution in [3.8, 4) is 0 Å². The van der Waals surface area contributed by atoms with Gasteiger partial charge in [-0.15, -0.1) is 11.3 Å². The summed E-state index contributed by atoms with van der Waals surface area (Å²) in [5, 5.41) is 7.55. The summed E-state index contributed by atoms with van der Waals surface area (Å²) < 4.78 is 5.90. The van der Waals surface area contributed by atoms with Crippen molar-refractivity contribution in [2.24, 2.45) is 0 Å². The van der Waals surface area contributed by atoms with Crippen molar-refractivity contribution in [1.82, 2.24) is 5.32 Å². The fraction of sp³-hybridized carbons (Fsp3) is 0.421. The average molecular weight is 357 g/mol. The summed E-state index contributed by atoms with van der Waals surface area (Å²) in [6, 6.07) is 8.24. The Bertz CT molecular complexity index is 824. The average Bonchev–Trinajstić information content (AvgIpc) is 2.91. The van der Waals surface area contributed by atoms with Crippen molar-refractivity contribution in [3.63, 3.8) is 0 Å². The number of carbonyl (C=O) groups excluding carboxylic acids is 1. The van der Waals surface area contributed by atoms with Gasteiger partial charge in [0.2, 0.25) is 0 Å². The van der Waals surface area contributed by atoms with Gasteiger partial charge >= 0.3 is 0 Å². The molecule has 2 N–H and O–H groups in total. The first-order chi connectivity index (χ1) is 11.8. The molecule has 0 saturated heterocycles. The highest BCUT2D eigenvalue weighted by Gasteiger charge is 2.36.